The molecule has 0 heterocycles. The van der Waals surface area contributed by atoms with E-state index in [1.165, 1.54) is 193 Å². The van der Waals surface area contributed by atoms with Crippen molar-refractivity contribution in [3.8, 4) is 0 Å². The van der Waals surface area contributed by atoms with Crippen molar-refractivity contribution in [2.45, 2.75) is 226 Å². The zero-order valence-corrected chi connectivity index (χ0v) is 30.7. The third kappa shape index (κ3) is 37.8. The number of rotatable bonds is 37. The molecule has 0 fully saturated rings. The van der Waals surface area contributed by atoms with E-state index < -0.39 is 10.4 Å². The van der Waals surface area contributed by atoms with Crippen LogP contribution in [0.4, 0.5) is 0 Å². The second-order valence-electron chi connectivity index (χ2n) is 13.7. The van der Waals surface area contributed by atoms with Gasteiger partial charge in [0.1, 0.15) is 0 Å². The van der Waals surface area contributed by atoms with E-state index in [4.69, 9.17) is 8.74 Å². The summed E-state index contributed by atoms with van der Waals surface area (Å²) in [6, 6.07) is 0. The predicted molar refractivity (Wildman–Crippen MR) is 194 cm³/mol. The van der Waals surface area contributed by atoms with Crippen LogP contribution < -0.4 is 0 Å². The zero-order chi connectivity index (χ0) is 32.2. The Balaban J connectivity index is 3.69. The fraction of sp³-hybridized carbons (Fsp3) is 0.949. The zero-order valence-electron chi connectivity index (χ0n) is 29.9. The first-order valence-electron chi connectivity index (χ1n) is 19.8. The Morgan fingerprint density at radius 1 is 0.477 bits per heavy atom. The molecule has 0 saturated carbocycles. The Labute approximate surface area is 277 Å². The average Bonchev–Trinajstić information content (AvgIpc) is 3.00. The van der Waals surface area contributed by atoms with E-state index in [0.717, 1.165) is 19.3 Å². The molecule has 5 heteroatoms. The molecule has 0 amide bonds. The molecule has 0 aromatic carbocycles. The second kappa shape index (κ2) is 35.5. The molecule has 1 atom stereocenters. The molecule has 1 N–H and O–H groups in total. The van der Waals surface area contributed by atoms with Gasteiger partial charge < -0.3 is 0 Å². The minimum atomic E-state index is -4.37. The van der Waals surface area contributed by atoms with Crippen LogP contribution in [-0.2, 0) is 14.6 Å². The highest BCUT2D eigenvalue weighted by molar-refractivity contribution is 7.80. The van der Waals surface area contributed by atoms with E-state index in [1.807, 2.05) is 0 Å². The maximum Gasteiger partial charge on any atom is 0.397 e. The lowest BCUT2D eigenvalue weighted by Gasteiger charge is -2.12. The Hall–Kier alpha value is -0.390. The van der Waals surface area contributed by atoms with Crippen molar-refractivity contribution in [1.82, 2.24) is 0 Å². The number of hydrogen-bond donors (Lipinski definition) is 1. The summed E-state index contributed by atoms with van der Waals surface area (Å²) in [5.41, 5.74) is 0. The summed E-state index contributed by atoms with van der Waals surface area (Å²) in [7, 11) is -4.37. The second-order valence-corrected chi connectivity index (χ2v) is 14.8. The Kier molecular flexibility index (Phi) is 35.1. The van der Waals surface area contributed by atoms with E-state index in [2.05, 4.69) is 26.0 Å². The molecule has 0 rings (SSSR count). The molecule has 4 nitrogen and oxygen atoms in total. The molecule has 44 heavy (non-hydrogen) atoms. The van der Waals surface area contributed by atoms with Gasteiger partial charge >= 0.3 is 10.4 Å². The van der Waals surface area contributed by atoms with Gasteiger partial charge in [0, 0.05) is 5.92 Å². The van der Waals surface area contributed by atoms with E-state index in [0.29, 0.717) is 0 Å². The standard InChI is InChI=1S/C39H78O4S/c1-3-5-7-9-11-13-15-17-18-19-20-21-22-23-25-27-29-31-33-35-37-39(38-43-44(40,41)42)36-34-32-30-28-26-24-16-14-12-10-8-6-4-2/h35,37,39H,3-34,36,38H2,1-2H3,(H,40,41,42)/b37-35+. The van der Waals surface area contributed by atoms with E-state index in [1.54, 1.807) is 0 Å². The lowest BCUT2D eigenvalue weighted by Crippen LogP contribution is -2.12. The normalized spacial score (nSPS) is 12.9. The lowest BCUT2D eigenvalue weighted by molar-refractivity contribution is 0.234. The highest BCUT2D eigenvalue weighted by atomic mass is 32.3. The topological polar surface area (TPSA) is 63.6 Å². The Bertz CT molecular complexity index is 676. The molecule has 0 aromatic rings. The van der Waals surface area contributed by atoms with Crippen LogP contribution in [-0.4, -0.2) is 19.6 Å². The summed E-state index contributed by atoms with van der Waals surface area (Å²) in [4.78, 5) is 0. The van der Waals surface area contributed by atoms with Gasteiger partial charge in [-0.3, -0.25) is 4.55 Å². The molecule has 0 saturated heterocycles. The van der Waals surface area contributed by atoms with Crippen LogP contribution in [0.2, 0.25) is 0 Å². The molecule has 1 unspecified atom stereocenters. The third-order valence-electron chi connectivity index (χ3n) is 9.24. The predicted octanol–water partition coefficient (Wildman–Crippen LogP) is 13.9. The molecule has 0 aliphatic carbocycles. The summed E-state index contributed by atoms with van der Waals surface area (Å²) >= 11 is 0. The van der Waals surface area contributed by atoms with Crippen molar-refractivity contribution < 1.29 is 17.2 Å². The van der Waals surface area contributed by atoms with Crippen LogP contribution in [0, 0.1) is 5.92 Å². The largest absolute Gasteiger partial charge is 0.397 e. The molecule has 0 aliphatic rings. The van der Waals surface area contributed by atoms with Crippen molar-refractivity contribution in [2.24, 2.45) is 5.92 Å². The van der Waals surface area contributed by atoms with Gasteiger partial charge in [0.05, 0.1) is 6.61 Å². The minimum absolute atomic E-state index is 0.0483. The van der Waals surface area contributed by atoms with Crippen LogP contribution in [0.15, 0.2) is 12.2 Å². The van der Waals surface area contributed by atoms with E-state index >= 15 is 0 Å². The summed E-state index contributed by atoms with van der Waals surface area (Å²) in [5.74, 6) is 0.0557. The summed E-state index contributed by atoms with van der Waals surface area (Å²) in [6.07, 6.45) is 48.5. The Morgan fingerprint density at radius 3 is 1.09 bits per heavy atom. The molecular formula is C39H78O4S. The van der Waals surface area contributed by atoms with Crippen LogP contribution in [0.1, 0.15) is 226 Å². The van der Waals surface area contributed by atoms with Gasteiger partial charge in [0.2, 0.25) is 0 Å². The van der Waals surface area contributed by atoms with Gasteiger partial charge in [0.15, 0.2) is 0 Å². The van der Waals surface area contributed by atoms with Gasteiger partial charge in [-0.1, -0.05) is 219 Å². The van der Waals surface area contributed by atoms with Crippen molar-refractivity contribution in [2.75, 3.05) is 6.61 Å². The van der Waals surface area contributed by atoms with Crippen LogP contribution in [0.3, 0.4) is 0 Å². The van der Waals surface area contributed by atoms with Crippen molar-refractivity contribution >= 4 is 10.4 Å². The number of unbranched alkanes of at least 4 members (excludes halogenated alkanes) is 30. The monoisotopic (exact) mass is 643 g/mol. The summed E-state index contributed by atoms with van der Waals surface area (Å²) in [5, 5.41) is 0. The van der Waals surface area contributed by atoms with Crippen LogP contribution >= 0.6 is 0 Å². The highest BCUT2D eigenvalue weighted by Gasteiger charge is 2.11. The van der Waals surface area contributed by atoms with Crippen molar-refractivity contribution in [3.05, 3.63) is 12.2 Å². The molecule has 0 spiro atoms. The fourth-order valence-electron chi connectivity index (χ4n) is 6.29. The fourth-order valence-corrected chi connectivity index (χ4v) is 6.63. The quantitative estimate of drug-likeness (QED) is 0.0416. The van der Waals surface area contributed by atoms with Crippen molar-refractivity contribution in [1.29, 1.82) is 0 Å². The molecule has 0 bridgehead atoms. The van der Waals surface area contributed by atoms with Gasteiger partial charge in [-0.25, -0.2) is 4.18 Å². The first kappa shape index (κ1) is 43.6. The average molecular weight is 643 g/mol. The number of allylic oxidation sites excluding steroid dienone is 1. The van der Waals surface area contributed by atoms with Gasteiger partial charge in [0.25, 0.3) is 0 Å². The molecular weight excluding hydrogens is 564 g/mol. The molecule has 264 valence electrons. The first-order valence-corrected chi connectivity index (χ1v) is 21.1. The minimum Gasteiger partial charge on any atom is -0.264 e. The molecule has 0 aromatic heterocycles. The van der Waals surface area contributed by atoms with Gasteiger partial charge in [-0.15, -0.1) is 0 Å². The third-order valence-corrected chi connectivity index (χ3v) is 9.68. The summed E-state index contributed by atoms with van der Waals surface area (Å²) < 4.78 is 35.9. The van der Waals surface area contributed by atoms with Gasteiger partial charge in [-0.2, -0.15) is 8.42 Å². The van der Waals surface area contributed by atoms with Gasteiger partial charge in [-0.05, 0) is 19.3 Å². The molecule has 0 aliphatic heterocycles. The summed E-state index contributed by atoms with van der Waals surface area (Å²) in [6.45, 7) is 4.61. The maximum absolute atomic E-state index is 11.1. The Morgan fingerprint density at radius 2 is 0.773 bits per heavy atom. The number of hydrogen-bond acceptors (Lipinski definition) is 3. The smallest absolute Gasteiger partial charge is 0.264 e. The van der Waals surface area contributed by atoms with Crippen molar-refractivity contribution in [3.63, 3.8) is 0 Å². The maximum atomic E-state index is 11.1. The first-order chi connectivity index (χ1) is 21.5. The highest BCUT2D eigenvalue weighted by Crippen LogP contribution is 2.18. The SMILES string of the molecule is CCCCCCCCCCCCCCCCCCCC/C=C/C(CCCCCCCCCCCCCCC)COS(=O)(=O)O. The van der Waals surface area contributed by atoms with Crippen LogP contribution in [0.25, 0.3) is 0 Å². The van der Waals surface area contributed by atoms with E-state index in [9.17, 15) is 8.42 Å². The lowest BCUT2D eigenvalue weighted by atomic mass is 9.99. The van der Waals surface area contributed by atoms with E-state index in [-0.39, 0.29) is 12.5 Å². The molecule has 0 radical (unpaired) electrons. The van der Waals surface area contributed by atoms with Crippen LogP contribution in [0.5, 0.6) is 0 Å².